The van der Waals surface area contributed by atoms with E-state index in [0.29, 0.717) is 0 Å². The maximum absolute atomic E-state index is 5.44. The van der Waals surface area contributed by atoms with Crippen LogP contribution in [0.5, 0.6) is 0 Å². The van der Waals surface area contributed by atoms with E-state index in [9.17, 15) is 0 Å². The number of para-hydroxylation sites is 1. The highest BCUT2D eigenvalue weighted by Crippen LogP contribution is 2.26. The van der Waals surface area contributed by atoms with Crippen LogP contribution < -0.4 is 5.32 Å². The van der Waals surface area contributed by atoms with Gasteiger partial charge in [-0.25, -0.2) is 4.98 Å². The molecule has 0 amide bonds. The molecule has 4 heteroatoms. The molecule has 78 valence electrons. The number of fused-ring (bicyclic) bond motifs is 1. The summed E-state index contributed by atoms with van der Waals surface area (Å²) in [6.07, 6.45) is 0. The maximum Gasteiger partial charge on any atom is 0.113 e. The van der Waals surface area contributed by atoms with Crippen LogP contribution in [0.2, 0.25) is 0 Å². The van der Waals surface area contributed by atoms with Gasteiger partial charge in [0.2, 0.25) is 0 Å². The third-order valence-electron chi connectivity index (χ3n) is 2.53. The normalized spacial score (nSPS) is 22.0. The van der Waals surface area contributed by atoms with Gasteiger partial charge in [-0.05, 0) is 12.1 Å². The van der Waals surface area contributed by atoms with Crippen molar-refractivity contribution >= 4 is 21.6 Å². The second-order valence-corrected chi connectivity index (χ2v) is 4.66. The van der Waals surface area contributed by atoms with Gasteiger partial charge in [0, 0.05) is 6.54 Å². The summed E-state index contributed by atoms with van der Waals surface area (Å²) in [6, 6.07) is 8.52. The van der Waals surface area contributed by atoms with Crippen LogP contribution in [0.25, 0.3) is 10.2 Å². The number of aromatic nitrogens is 1. The molecule has 3 nitrogen and oxygen atoms in total. The Morgan fingerprint density at radius 3 is 3.13 bits per heavy atom. The van der Waals surface area contributed by atoms with Gasteiger partial charge in [-0.15, -0.1) is 11.3 Å². The smallest absolute Gasteiger partial charge is 0.113 e. The second-order valence-electron chi connectivity index (χ2n) is 3.60. The molecule has 1 aromatic carbocycles. The number of thiazole rings is 1. The van der Waals surface area contributed by atoms with Crippen LogP contribution in [0.15, 0.2) is 24.3 Å². The minimum absolute atomic E-state index is 0.274. The zero-order valence-corrected chi connectivity index (χ0v) is 9.09. The van der Waals surface area contributed by atoms with Gasteiger partial charge in [0.05, 0.1) is 29.5 Å². The van der Waals surface area contributed by atoms with Gasteiger partial charge in [0.1, 0.15) is 5.01 Å². The minimum Gasteiger partial charge on any atom is -0.378 e. The number of morpholine rings is 1. The van der Waals surface area contributed by atoms with Gasteiger partial charge >= 0.3 is 0 Å². The summed E-state index contributed by atoms with van der Waals surface area (Å²) in [4.78, 5) is 4.61. The van der Waals surface area contributed by atoms with Crippen LogP contribution in [-0.2, 0) is 4.74 Å². The number of hydrogen-bond donors (Lipinski definition) is 1. The van der Waals surface area contributed by atoms with E-state index in [1.807, 2.05) is 6.07 Å². The van der Waals surface area contributed by atoms with Crippen molar-refractivity contribution in [2.24, 2.45) is 0 Å². The fourth-order valence-electron chi connectivity index (χ4n) is 1.76. The van der Waals surface area contributed by atoms with Crippen molar-refractivity contribution < 1.29 is 4.74 Å². The van der Waals surface area contributed by atoms with E-state index in [-0.39, 0.29) is 6.04 Å². The molecule has 0 bridgehead atoms. The molecule has 1 aliphatic heterocycles. The van der Waals surface area contributed by atoms with Crippen LogP contribution >= 0.6 is 11.3 Å². The number of rotatable bonds is 1. The lowest BCUT2D eigenvalue weighted by molar-refractivity contribution is 0.0768. The van der Waals surface area contributed by atoms with E-state index < -0.39 is 0 Å². The summed E-state index contributed by atoms with van der Waals surface area (Å²) in [5.74, 6) is 0. The van der Waals surface area contributed by atoms with Gasteiger partial charge in [0.15, 0.2) is 0 Å². The molecule has 0 radical (unpaired) electrons. The zero-order valence-electron chi connectivity index (χ0n) is 8.27. The van der Waals surface area contributed by atoms with Crippen molar-refractivity contribution in [3.8, 4) is 0 Å². The van der Waals surface area contributed by atoms with E-state index in [1.165, 1.54) is 4.70 Å². The van der Waals surface area contributed by atoms with Crippen molar-refractivity contribution in [1.82, 2.24) is 10.3 Å². The Labute approximate surface area is 92.1 Å². The molecule has 0 saturated carbocycles. The van der Waals surface area contributed by atoms with Crippen LogP contribution in [0.3, 0.4) is 0 Å². The lowest BCUT2D eigenvalue weighted by atomic mass is 10.3. The first kappa shape index (κ1) is 9.27. The second kappa shape index (κ2) is 3.89. The first-order chi connectivity index (χ1) is 7.43. The highest BCUT2D eigenvalue weighted by Gasteiger charge is 2.18. The molecule has 0 spiro atoms. The minimum atomic E-state index is 0.274. The van der Waals surface area contributed by atoms with Gasteiger partial charge < -0.3 is 10.1 Å². The van der Waals surface area contributed by atoms with Crippen molar-refractivity contribution in [2.45, 2.75) is 6.04 Å². The molecule has 0 aliphatic carbocycles. The predicted octanol–water partition coefficient (Wildman–Crippen LogP) is 1.96. The van der Waals surface area contributed by atoms with E-state index >= 15 is 0 Å². The Morgan fingerprint density at radius 2 is 2.33 bits per heavy atom. The van der Waals surface area contributed by atoms with Gasteiger partial charge in [-0.1, -0.05) is 12.1 Å². The molecule has 1 aromatic heterocycles. The molecule has 1 saturated heterocycles. The fraction of sp³-hybridized carbons (Fsp3) is 0.364. The van der Waals surface area contributed by atoms with Crippen molar-refractivity contribution in [2.75, 3.05) is 19.8 Å². The highest BCUT2D eigenvalue weighted by atomic mass is 32.1. The Balaban J connectivity index is 1.96. The molecule has 3 rings (SSSR count). The van der Waals surface area contributed by atoms with Gasteiger partial charge in [0.25, 0.3) is 0 Å². The number of nitrogens with zero attached hydrogens (tertiary/aromatic N) is 1. The van der Waals surface area contributed by atoms with E-state index in [2.05, 4.69) is 28.5 Å². The first-order valence-corrected chi connectivity index (χ1v) is 5.92. The van der Waals surface area contributed by atoms with Crippen LogP contribution in [-0.4, -0.2) is 24.7 Å². The molecule has 1 aliphatic rings. The molecule has 2 aromatic rings. The quantitative estimate of drug-likeness (QED) is 0.797. The van der Waals surface area contributed by atoms with Crippen molar-refractivity contribution in [3.05, 3.63) is 29.3 Å². The van der Waals surface area contributed by atoms with Crippen molar-refractivity contribution in [1.29, 1.82) is 0 Å². The number of hydrogen-bond acceptors (Lipinski definition) is 4. The molecule has 2 heterocycles. The Morgan fingerprint density at radius 1 is 1.40 bits per heavy atom. The lowest BCUT2D eigenvalue weighted by Crippen LogP contribution is -2.34. The number of ether oxygens (including phenoxy) is 1. The summed E-state index contributed by atoms with van der Waals surface area (Å²) in [6.45, 7) is 2.46. The summed E-state index contributed by atoms with van der Waals surface area (Å²) in [7, 11) is 0. The Hall–Kier alpha value is -0.970. The Kier molecular flexibility index (Phi) is 2.40. The SMILES string of the molecule is c1ccc2sc([C@H]3COCCN3)nc2c1. The van der Waals surface area contributed by atoms with Crippen LogP contribution in [0, 0.1) is 0 Å². The van der Waals surface area contributed by atoms with Crippen LogP contribution in [0.1, 0.15) is 11.0 Å². The average molecular weight is 220 g/mol. The fourth-order valence-corrected chi connectivity index (χ4v) is 2.79. The molecule has 15 heavy (non-hydrogen) atoms. The average Bonchev–Trinajstić information content (AvgIpc) is 2.74. The summed E-state index contributed by atoms with van der Waals surface area (Å²) < 4.78 is 6.69. The summed E-state index contributed by atoms with van der Waals surface area (Å²) in [5.41, 5.74) is 1.09. The third-order valence-corrected chi connectivity index (χ3v) is 3.68. The third kappa shape index (κ3) is 1.76. The topological polar surface area (TPSA) is 34.1 Å². The van der Waals surface area contributed by atoms with Crippen molar-refractivity contribution in [3.63, 3.8) is 0 Å². The molecule has 0 unspecified atom stereocenters. The maximum atomic E-state index is 5.44. The molecule has 1 N–H and O–H groups in total. The standard InChI is InChI=1S/C11H12N2OS/c1-2-4-10-8(3-1)13-11(15-10)9-7-14-6-5-12-9/h1-4,9,12H,5-7H2/t9-/m1/s1. The molecule has 1 fully saturated rings. The number of benzene rings is 1. The molecule has 1 atom stereocenters. The molecular weight excluding hydrogens is 208 g/mol. The lowest BCUT2D eigenvalue weighted by Gasteiger charge is -2.21. The number of nitrogens with one attached hydrogen (secondary N) is 1. The van der Waals surface area contributed by atoms with Crippen LogP contribution in [0.4, 0.5) is 0 Å². The monoisotopic (exact) mass is 220 g/mol. The van der Waals surface area contributed by atoms with Gasteiger partial charge in [-0.2, -0.15) is 0 Å². The summed E-state index contributed by atoms with van der Waals surface area (Å²) >= 11 is 1.75. The Bertz CT molecular complexity index is 429. The largest absolute Gasteiger partial charge is 0.378 e. The first-order valence-electron chi connectivity index (χ1n) is 5.10. The zero-order chi connectivity index (χ0) is 10.1. The van der Waals surface area contributed by atoms with E-state index in [1.54, 1.807) is 11.3 Å². The summed E-state index contributed by atoms with van der Waals surface area (Å²) in [5, 5.41) is 4.55. The molecular formula is C11H12N2OS. The van der Waals surface area contributed by atoms with E-state index in [0.717, 1.165) is 30.3 Å². The predicted molar refractivity (Wildman–Crippen MR) is 61.2 cm³/mol. The highest BCUT2D eigenvalue weighted by molar-refractivity contribution is 7.18. The van der Waals surface area contributed by atoms with Gasteiger partial charge in [-0.3, -0.25) is 0 Å². The van der Waals surface area contributed by atoms with E-state index in [4.69, 9.17) is 4.74 Å².